The number of hydrogen-bond acceptors (Lipinski definition) is 5. The van der Waals surface area contributed by atoms with Crippen LogP contribution in [-0.2, 0) is 29.2 Å². The third kappa shape index (κ3) is 3.58. The van der Waals surface area contributed by atoms with Gasteiger partial charge in [-0.2, -0.15) is 0 Å². The van der Waals surface area contributed by atoms with Crippen molar-refractivity contribution in [1.82, 2.24) is 23.6 Å². The van der Waals surface area contributed by atoms with Crippen molar-refractivity contribution in [2.75, 3.05) is 13.1 Å². The van der Waals surface area contributed by atoms with Crippen LogP contribution in [0.2, 0.25) is 0 Å². The number of likely N-dealkylation sites (tertiary alicyclic amines) is 1. The molecule has 0 aliphatic carbocycles. The molecule has 3 heterocycles. The quantitative estimate of drug-likeness (QED) is 0.615. The molecule has 1 amide bonds. The summed E-state index contributed by atoms with van der Waals surface area (Å²) in [5.41, 5.74) is 0.398. The number of benzene rings is 1. The van der Waals surface area contributed by atoms with E-state index in [2.05, 4.69) is 4.98 Å². The maximum absolute atomic E-state index is 13.2. The molecule has 0 atom stereocenters. The lowest BCUT2D eigenvalue weighted by Crippen LogP contribution is -2.47. The van der Waals surface area contributed by atoms with E-state index in [1.165, 1.54) is 15.8 Å². The Bertz CT molecular complexity index is 1210. The maximum Gasteiger partial charge on any atom is 0.333 e. The highest BCUT2D eigenvalue weighted by Gasteiger charge is 2.24. The molecular formula is C21H23N5O4. The molecule has 0 spiro atoms. The fourth-order valence-electron chi connectivity index (χ4n) is 3.77. The van der Waals surface area contributed by atoms with E-state index in [1.54, 1.807) is 4.57 Å². The normalized spacial score (nSPS) is 14.4. The van der Waals surface area contributed by atoms with Crippen LogP contribution in [0.25, 0.3) is 11.2 Å². The average molecular weight is 409 g/mol. The summed E-state index contributed by atoms with van der Waals surface area (Å²) < 4.78 is 4.10. The van der Waals surface area contributed by atoms with Crippen molar-refractivity contribution in [2.24, 2.45) is 0 Å². The van der Waals surface area contributed by atoms with Gasteiger partial charge in [-0.05, 0) is 12.5 Å². The molecule has 156 valence electrons. The van der Waals surface area contributed by atoms with Gasteiger partial charge in [0.05, 0.1) is 12.9 Å². The maximum atomic E-state index is 13.2. The minimum atomic E-state index is -0.570. The van der Waals surface area contributed by atoms with Gasteiger partial charge in [0.15, 0.2) is 11.2 Å². The second-order valence-corrected chi connectivity index (χ2v) is 7.37. The minimum absolute atomic E-state index is 0.120. The van der Waals surface area contributed by atoms with Gasteiger partial charge in [-0.25, -0.2) is 14.3 Å². The molecule has 4 rings (SSSR count). The Kier molecular flexibility index (Phi) is 5.35. The standard InChI is InChI=1S/C21H23N5O4/c1-2-23-14-22-19-18(23)20(29)26(13-17(28)24-10-8-16(27)9-11-24)21(30)25(19)12-15-6-4-3-5-7-15/h3-7,14H,2,8-13H2,1H3. The molecule has 0 radical (unpaired) electrons. The van der Waals surface area contributed by atoms with Gasteiger partial charge in [-0.3, -0.25) is 19.0 Å². The first-order valence-corrected chi connectivity index (χ1v) is 10.0. The Morgan fingerprint density at radius 2 is 1.73 bits per heavy atom. The second kappa shape index (κ2) is 8.10. The number of imidazole rings is 1. The van der Waals surface area contributed by atoms with Crippen LogP contribution < -0.4 is 11.2 Å². The van der Waals surface area contributed by atoms with Crippen LogP contribution in [0.5, 0.6) is 0 Å². The lowest BCUT2D eigenvalue weighted by Gasteiger charge is -2.26. The van der Waals surface area contributed by atoms with Crippen molar-refractivity contribution in [3.63, 3.8) is 0 Å². The molecule has 0 N–H and O–H groups in total. The molecule has 3 aromatic rings. The fourth-order valence-corrected chi connectivity index (χ4v) is 3.77. The van der Waals surface area contributed by atoms with E-state index in [9.17, 15) is 19.2 Å². The number of aryl methyl sites for hydroxylation is 1. The Morgan fingerprint density at radius 1 is 1.03 bits per heavy atom. The number of nitrogens with zero attached hydrogens (tertiary/aromatic N) is 5. The van der Waals surface area contributed by atoms with Gasteiger partial charge in [0.1, 0.15) is 12.3 Å². The number of ketones is 1. The first-order chi connectivity index (χ1) is 14.5. The summed E-state index contributed by atoms with van der Waals surface area (Å²) in [6, 6.07) is 9.41. The zero-order valence-electron chi connectivity index (χ0n) is 16.8. The number of fused-ring (bicyclic) bond motifs is 1. The van der Waals surface area contributed by atoms with Crippen LogP contribution in [0, 0.1) is 0 Å². The summed E-state index contributed by atoms with van der Waals surface area (Å²) in [6.45, 7) is 2.92. The first kappa shape index (κ1) is 19.8. The lowest BCUT2D eigenvalue weighted by molar-refractivity contribution is -0.135. The summed E-state index contributed by atoms with van der Waals surface area (Å²) in [7, 11) is 0. The number of hydrogen-bond donors (Lipinski definition) is 0. The molecule has 1 aliphatic rings. The molecule has 2 aromatic heterocycles. The molecule has 1 aromatic carbocycles. The molecule has 0 unspecified atom stereocenters. The molecule has 0 bridgehead atoms. The van der Waals surface area contributed by atoms with E-state index in [0.717, 1.165) is 10.1 Å². The average Bonchev–Trinajstić information content (AvgIpc) is 3.19. The summed E-state index contributed by atoms with van der Waals surface area (Å²) in [5, 5.41) is 0. The first-order valence-electron chi connectivity index (χ1n) is 10.0. The van der Waals surface area contributed by atoms with Gasteiger partial charge >= 0.3 is 5.69 Å². The van der Waals surface area contributed by atoms with Gasteiger partial charge in [-0.15, -0.1) is 0 Å². The van der Waals surface area contributed by atoms with Gasteiger partial charge in [0.2, 0.25) is 5.91 Å². The summed E-state index contributed by atoms with van der Waals surface area (Å²) in [6.07, 6.45) is 2.15. The van der Waals surface area contributed by atoms with Gasteiger partial charge in [0.25, 0.3) is 5.56 Å². The number of carbonyl (C=O) groups is 2. The zero-order valence-corrected chi connectivity index (χ0v) is 16.8. The van der Waals surface area contributed by atoms with Crippen molar-refractivity contribution in [1.29, 1.82) is 0 Å². The topological polar surface area (TPSA) is 99.2 Å². The molecule has 1 fully saturated rings. The van der Waals surface area contributed by atoms with Crippen LogP contribution in [-0.4, -0.2) is 48.4 Å². The van der Waals surface area contributed by atoms with Crippen LogP contribution in [0.3, 0.4) is 0 Å². The van der Waals surface area contributed by atoms with Crippen molar-refractivity contribution >= 4 is 22.9 Å². The van der Waals surface area contributed by atoms with Gasteiger partial charge in [0, 0.05) is 32.5 Å². The highest BCUT2D eigenvalue weighted by atomic mass is 16.2. The van der Waals surface area contributed by atoms with Crippen molar-refractivity contribution < 1.29 is 9.59 Å². The Morgan fingerprint density at radius 3 is 2.40 bits per heavy atom. The number of Topliss-reactive ketones (excluding diaryl/α,β-unsaturated/α-hetero) is 1. The molecule has 1 aliphatic heterocycles. The predicted octanol–water partition coefficient (Wildman–Crippen LogP) is 0.619. The van der Waals surface area contributed by atoms with Gasteiger partial charge < -0.3 is 9.47 Å². The highest BCUT2D eigenvalue weighted by Crippen LogP contribution is 2.10. The molecule has 9 heteroatoms. The predicted molar refractivity (Wildman–Crippen MR) is 110 cm³/mol. The Hall–Kier alpha value is -3.49. The second-order valence-electron chi connectivity index (χ2n) is 7.37. The van der Waals surface area contributed by atoms with E-state index in [0.29, 0.717) is 43.6 Å². The monoisotopic (exact) mass is 409 g/mol. The molecule has 1 saturated heterocycles. The number of carbonyl (C=O) groups excluding carboxylic acids is 2. The van der Waals surface area contributed by atoms with Crippen molar-refractivity contribution in [3.05, 3.63) is 63.1 Å². The van der Waals surface area contributed by atoms with Crippen molar-refractivity contribution in [3.8, 4) is 0 Å². The Labute approximate surface area is 172 Å². The lowest BCUT2D eigenvalue weighted by atomic mass is 10.1. The van der Waals surface area contributed by atoms with E-state index < -0.39 is 11.2 Å². The zero-order chi connectivity index (χ0) is 21.3. The van der Waals surface area contributed by atoms with Crippen LogP contribution >= 0.6 is 0 Å². The highest BCUT2D eigenvalue weighted by molar-refractivity contribution is 5.83. The SMILES string of the molecule is CCn1cnc2c1c(=O)n(CC(=O)N1CCC(=O)CC1)c(=O)n2Cc1ccccc1. The summed E-state index contributed by atoms with van der Waals surface area (Å²) in [4.78, 5) is 56.4. The van der Waals surface area contributed by atoms with E-state index in [1.807, 2.05) is 37.3 Å². The summed E-state index contributed by atoms with van der Waals surface area (Å²) >= 11 is 0. The minimum Gasteiger partial charge on any atom is -0.340 e. The largest absolute Gasteiger partial charge is 0.340 e. The van der Waals surface area contributed by atoms with E-state index >= 15 is 0 Å². The van der Waals surface area contributed by atoms with Crippen LogP contribution in [0.4, 0.5) is 0 Å². The number of aromatic nitrogens is 4. The van der Waals surface area contributed by atoms with Crippen LogP contribution in [0.1, 0.15) is 25.3 Å². The Balaban J connectivity index is 1.79. The van der Waals surface area contributed by atoms with Gasteiger partial charge in [-0.1, -0.05) is 30.3 Å². The van der Waals surface area contributed by atoms with Crippen molar-refractivity contribution in [2.45, 2.75) is 39.4 Å². The number of amides is 1. The molecule has 0 saturated carbocycles. The number of rotatable bonds is 5. The molecule has 30 heavy (non-hydrogen) atoms. The fraction of sp³-hybridized carbons (Fsp3) is 0.381. The summed E-state index contributed by atoms with van der Waals surface area (Å²) in [5.74, 6) is -0.218. The third-order valence-corrected chi connectivity index (χ3v) is 5.48. The third-order valence-electron chi connectivity index (χ3n) is 5.48. The van der Waals surface area contributed by atoms with Crippen LogP contribution in [0.15, 0.2) is 46.2 Å². The van der Waals surface area contributed by atoms with E-state index in [-0.39, 0.29) is 24.8 Å². The number of piperidine rings is 1. The van der Waals surface area contributed by atoms with E-state index in [4.69, 9.17) is 0 Å². The smallest absolute Gasteiger partial charge is 0.333 e. The molecule has 9 nitrogen and oxygen atoms in total. The molecular weight excluding hydrogens is 386 g/mol.